The third kappa shape index (κ3) is 5.86. The van der Waals surface area contributed by atoms with Gasteiger partial charge in [-0.1, -0.05) is 38.8 Å². The van der Waals surface area contributed by atoms with Gasteiger partial charge in [-0.15, -0.1) is 0 Å². The topological polar surface area (TPSA) is 87.3 Å². The van der Waals surface area contributed by atoms with Gasteiger partial charge in [0.05, 0.1) is 11.3 Å². The molecule has 2 rings (SSSR count). The van der Waals surface area contributed by atoms with Crippen LogP contribution in [0, 0.1) is 5.92 Å². The maximum atomic E-state index is 12.3. The molecule has 6 heteroatoms. The third-order valence-electron chi connectivity index (χ3n) is 4.54. The Kier molecular flexibility index (Phi) is 7.18. The number of amides is 3. The van der Waals surface area contributed by atoms with Crippen molar-refractivity contribution < 1.29 is 14.4 Å². The van der Waals surface area contributed by atoms with Crippen molar-refractivity contribution in [2.75, 3.05) is 5.32 Å². The Hall–Kier alpha value is -2.37. The maximum absolute atomic E-state index is 12.3. The summed E-state index contributed by atoms with van der Waals surface area (Å²) in [5.74, 6) is -0.0160. The lowest BCUT2D eigenvalue weighted by Crippen LogP contribution is -2.42. The Morgan fingerprint density at radius 1 is 1.15 bits per heavy atom. The summed E-state index contributed by atoms with van der Waals surface area (Å²) >= 11 is 0. The highest BCUT2D eigenvalue weighted by molar-refractivity contribution is 6.09. The highest BCUT2D eigenvalue weighted by atomic mass is 16.2. The van der Waals surface area contributed by atoms with Crippen LogP contribution >= 0.6 is 0 Å². The van der Waals surface area contributed by atoms with Crippen molar-refractivity contribution in [1.29, 1.82) is 0 Å². The molecule has 1 aliphatic rings. The van der Waals surface area contributed by atoms with Crippen LogP contribution in [0.2, 0.25) is 0 Å². The average Bonchev–Trinajstić information content (AvgIpc) is 2.69. The minimum Gasteiger partial charge on any atom is -0.354 e. The molecule has 3 amide bonds. The molecule has 0 bridgehead atoms. The predicted octanol–water partition coefficient (Wildman–Crippen LogP) is 2.85. The third-order valence-corrected chi connectivity index (χ3v) is 4.54. The molecule has 1 aromatic rings. The summed E-state index contributed by atoms with van der Waals surface area (Å²) < 4.78 is 0. The van der Waals surface area contributed by atoms with Crippen molar-refractivity contribution in [3.63, 3.8) is 0 Å². The second-order valence-electron chi connectivity index (χ2n) is 7.39. The molecular weight excluding hydrogens is 330 g/mol. The zero-order valence-corrected chi connectivity index (χ0v) is 15.8. The number of fused-ring (bicyclic) bond motifs is 1. The van der Waals surface area contributed by atoms with Gasteiger partial charge in [-0.2, -0.15) is 0 Å². The molecule has 1 heterocycles. The van der Waals surface area contributed by atoms with E-state index in [0.717, 1.165) is 19.3 Å². The fourth-order valence-corrected chi connectivity index (χ4v) is 3.04. The predicted molar refractivity (Wildman–Crippen MR) is 102 cm³/mol. The van der Waals surface area contributed by atoms with E-state index in [2.05, 4.69) is 29.8 Å². The number of rotatable bonds is 8. The monoisotopic (exact) mass is 359 g/mol. The van der Waals surface area contributed by atoms with Gasteiger partial charge < -0.3 is 16.0 Å². The number of para-hydroxylation sites is 1. The summed E-state index contributed by atoms with van der Waals surface area (Å²) in [6.07, 6.45) is 3.65. The quantitative estimate of drug-likeness (QED) is 0.667. The molecule has 0 aromatic heterocycles. The van der Waals surface area contributed by atoms with Crippen LogP contribution in [0.5, 0.6) is 0 Å². The first kappa shape index (κ1) is 19.9. The van der Waals surface area contributed by atoms with E-state index >= 15 is 0 Å². The first-order valence-electron chi connectivity index (χ1n) is 9.37. The molecule has 26 heavy (non-hydrogen) atoms. The number of hydrogen-bond donors (Lipinski definition) is 3. The van der Waals surface area contributed by atoms with E-state index in [4.69, 9.17) is 0 Å². The van der Waals surface area contributed by atoms with E-state index in [1.165, 1.54) is 0 Å². The minimum atomic E-state index is -0.711. The zero-order chi connectivity index (χ0) is 19.1. The van der Waals surface area contributed by atoms with Crippen molar-refractivity contribution in [3.05, 3.63) is 29.8 Å². The minimum absolute atomic E-state index is 0.0918. The Bertz CT molecular complexity index is 657. The SMILES string of the molecule is CC(C)CCC[C@H](C)NC(=O)CC[C@@H]1NC(=O)c2ccccc2NC1=O. The second kappa shape index (κ2) is 9.36. The van der Waals surface area contributed by atoms with E-state index < -0.39 is 6.04 Å². The molecule has 0 aliphatic carbocycles. The molecule has 0 fully saturated rings. The molecule has 0 saturated carbocycles. The Labute approximate surface area is 155 Å². The van der Waals surface area contributed by atoms with Gasteiger partial charge in [0, 0.05) is 12.5 Å². The number of carbonyl (C=O) groups excluding carboxylic acids is 3. The molecule has 0 saturated heterocycles. The van der Waals surface area contributed by atoms with Crippen molar-refractivity contribution in [2.24, 2.45) is 5.92 Å². The van der Waals surface area contributed by atoms with E-state index in [1.807, 2.05) is 6.92 Å². The summed E-state index contributed by atoms with van der Waals surface area (Å²) in [6, 6.07) is 6.28. The van der Waals surface area contributed by atoms with Crippen LogP contribution in [-0.4, -0.2) is 29.8 Å². The van der Waals surface area contributed by atoms with Gasteiger partial charge in [0.25, 0.3) is 5.91 Å². The van der Waals surface area contributed by atoms with Crippen LogP contribution < -0.4 is 16.0 Å². The van der Waals surface area contributed by atoms with Crippen LogP contribution in [0.15, 0.2) is 24.3 Å². The maximum Gasteiger partial charge on any atom is 0.254 e. The lowest BCUT2D eigenvalue weighted by Gasteiger charge is -2.17. The number of carbonyl (C=O) groups is 3. The summed E-state index contributed by atoms with van der Waals surface area (Å²) in [7, 11) is 0. The average molecular weight is 359 g/mol. The summed E-state index contributed by atoms with van der Waals surface area (Å²) in [5.41, 5.74) is 0.937. The highest BCUT2D eigenvalue weighted by Crippen LogP contribution is 2.19. The van der Waals surface area contributed by atoms with Gasteiger partial charge in [0.15, 0.2) is 0 Å². The van der Waals surface area contributed by atoms with Crippen molar-refractivity contribution >= 4 is 23.4 Å². The van der Waals surface area contributed by atoms with Gasteiger partial charge in [0.1, 0.15) is 6.04 Å². The number of hydrogen-bond acceptors (Lipinski definition) is 3. The van der Waals surface area contributed by atoms with Gasteiger partial charge >= 0.3 is 0 Å². The van der Waals surface area contributed by atoms with Gasteiger partial charge in [-0.05, 0) is 37.8 Å². The van der Waals surface area contributed by atoms with Crippen molar-refractivity contribution in [3.8, 4) is 0 Å². The van der Waals surface area contributed by atoms with Crippen LogP contribution in [-0.2, 0) is 9.59 Å². The number of benzene rings is 1. The van der Waals surface area contributed by atoms with E-state index in [9.17, 15) is 14.4 Å². The summed E-state index contributed by atoms with van der Waals surface area (Å²) in [5, 5.41) is 8.43. The highest BCUT2D eigenvalue weighted by Gasteiger charge is 2.27. The van der Waals surface area contributed by atoms with Crippen LogP contribution in [0.1, 0.15) is 63.2 Å². The molecular formula is C20H29N3O3. The standard InChI is InChI=1S/C20H29N3O3/c1-13(2)7-6-8-14(3)21-18(24)12-11-17-20(26)22-16-10-5-4-9-15(16)19(25)23-17/h4-5,9-10,13-14,17H,6-8,11-12H2,1-3H3,(H,21,24)(H,22,26)(H,23,25)/t14-,17-/m0/s1. The van der Waals surface area contributed by atoms with Crippen molar-refractivity contribution in [2.45, 2.75) is 65.0 Å². The summed E-state index contributed by atoms with van der Waals surface area (Å²) in [4.78, 5) is 36.7. The molecule has 142 valence electrons. The van der Waals surface area contributed by atoms with Crippen LogP contribution in [0.25, 0.3) is 0 Å². The fourth-order valence-electron chi connectivity index (χ4n) is 3.04. The smallest absolute Gasteiger partial charge is 0.254 e. The second-order valence-corrected chi connectivity index (χ2v) is 7.39. The normalized spacial score (nSPS) is 17.8. The first-order chi connectivity index (χ1) is 12.4. The summed E-state index contributed by atoms with van der Waals surface area (Å²) in [6.45, 7) is 6.37. The zero-order valence-electron chi connectivity index (χ0n) is 15.8. The van der Waals surface area contributed by atoms with E-state index in [1.54, 1.807) is 24.3 Å². The Morgan fingerprint density at radius 2 is 1.88 bits per heavy atom. The Balaban J connectivity index is 1.81. The largest absolute Gasteiger partial charge is 0.354 e. The van der Waals surface area contributed by atoms with Crippen molar-refractivity contribution in [1.82, 2.24) is 10.6 Å². The van der Waals surface area contributed by atoms with E-state index in [-0.39, 0.29) is 36.6 Å². The molecule has 1 aliphatic heterocycles. The Morgan fingerprint density at radius 3 is 2.62 bits per heavy atom. The van der Waals surface area contributed by atoms with Gasteiger partial charge in [0.2, 0.25) is 11.8 Å². The molecule has 0 spiro atoms. The van der Waals surface area contributed by atoms with Crippen LogP contribution in [0.3, 0.4) is 0 Å². The number of anilines is 1. The van der Waals surface area contributed by atoms with Gasteiger partial charge in [-0.3, -0.25) is 14.4 Å². The molecule has 0 radical (unpaired) electrons. The van der Waals surface area contributed by atoms with Gasteiger partial charge in [-0.25, -0.2) is 0 Å². The van der Waals surface area contributed by atoms with Crippen LogP contribution in [0.4, 0.5) is 5.69 Å². The molecule has 0 unspecified atom stereocenters. The molecule has 2 atom stereocenters. The lowest BCUT2D eigenvalue weighted by molar-refractivity contribution is -0.122. The fraction of sp³-hybridized carbons (Fsp3) is 0.550. The molecule has 3 N–H and O–H groups in total. The molecule has 1 aromatic carbocycles. The molecule has 6 nitrogen and oxygen atoms in total. The lowest BCUT2D eigenvalue weighted by atomic mass is 10.0. The van der Waals surface area contributed by atoms with E-state index in [0.29, 0.717) is 17.2 Å². The first-order valence-corrected chi connectivity index (χ1v) is 9.37. The number of nitrogens with one attached hydrogen (secondary N) is 3.